The van der Waals surface area contributed by atoms with Gasteiger partial charge in [-0.3, -0.25) is 0 Å². The molecule has 0 amide bonds. The van der Waals surface area contributed by atoms with E-state index in [-0.39, 0.29) is 0 Å². The molecular formula is C24H18N4S. The van der Waals surface area contributed by atoms with Crippen LogP contribution in [0.2, 0.25) is 0 Å². The molecule has 4 nitrogen and oxygen atoms in total. The zero-order valence-electron chi connectivity index (χ0n) is 15.6. The highest BCUT2D eigenvalue weighted by atomic mass is 32.2. The molecule has 0 fully saturated rings. The summed E-state index contributed by atoms with van der Waals surface area (Å²) in [5.41, 5.74) is 4.24. The predicted molar refractivity (Wildman–Crippen MR) is 118 cm³/mol. The van der Waals surface area contributed by atoms with E-state index < -0.39 is 0 Å². The fourth-order valence-corrected chi connectivity index (χ4v) is 4.15. The van der Waals surface area contributed by atoms with Crippen LogP contribution in [0.3, 0.4) is 0 Å². The maximum Gasteiger partial charge on any atom is 0.119 e. The minimum Gasteiger partial charge on any atom is -0.241 e. The Morgan fingerprint density at radius 1 is 0.759 bits per heavy atom. The van der Waals surface area contributed by atoms with Crippen LogP contribution in [-0.2, 0) is 5.75 Å². The lowest BCUT2D eigenvalue weighted by atomic mass is 10.1. The Hall–Kier alpha value is -3.44. The largest absolute Gasteiger partial charge is 0.241 e. The summed E-state index contributed by atoms with van der Waals surface area (Å²) in [5, 5.41) is 16.6. The first-order chi connectivity index (χ1) is 14.4. The molecule has 140 valence electrons. The average Bonchev–Trinajstić information content (AvgIpc) is 3.33. The van der Waals surface area contributed by atoms with Crippen molar-refractivity contribution in [3.63, 3.8) is 0 Å². The van der Waals surface area contributed by atoms with Gasteiger partial charge >= 0.3 is 0 Å². The highest BCUT2D eigenvalue weighted by Crippen LogP contribution is 2.27. The maximum absolute atomic E-state index is 4.42. The van der Waals surface area contributed by atoms with Gasteiger partial charge < -0.3 is 0 Å². The Kier molecular flexibility index (Phi) is 4.80. The van der Waals surface area contributed by atoms with E-state index >= 15 is 0 Å². The van der Waals surface area contributed by atoms with E-state index in [1.165, 1.54) is 16.3 Å². The minimum absolute atomic E-state index is 0.867. The highest BCUT2D eigenvalue weighted by Gasteiger charge is 2.05. The van der Waals surface area contributed by atoms with Crippen molar-refractivity contribution in [3.8, 4) is 16.9 Å². The molecule has 0 aliphatic heterocycles. The summed E-state index contributed by atoms with van der Waals surface area (Å²) in [6.45, 7) is 0. The molecule has 5 rings (SSSR count). The fourth-order valence-electron chi connectivity index (χ4n) is 3.33. The molecule has 0 aliphatic rings. The number of benzene rings is 3. The van der Waals surface area contributed by atoms with Gasteiger partial charge in [-0.1, -0.05) is 66.4 Å². The maximum atomic E-state index is 4.42. The van der Waals surface area contributed by atoms with Gasteiger partial charge in [0.05, 0.1) is 11.4 Å². The lowest BCUT2D eigenvalue weighted by Crippen LogP contribution is -1.94. The molecule has 0 bridgehead atoms. The smallest absolute Gasteiger partial charge is 0.119 e. The van der Waals surface area contributed by atoms with Gasteiger partial charge in [-0.15, -0.1) is 10.2 Å². The lowest BCUT2D eigenvalue weighted by molar-refractivity contribution is 0.880. The SMILES string of the molecule is c1ccc2c(CSc3ccc(-c4ccc(-n5cccn5)cc4)nn3)cccc2c1. The van der Waals surface area contributed by atoms with Crippen molar-refractivity contribution in [1.29, 1.82) is 0 Å². The Balaban J connectivity index is 1.30. The summed E-state index contributed by atoms with van der Waals surface area (Å²) in [4.78, 5) is 0. The summed E-state index contributed by atoms with van der Waals surface area (Å²) < 4.78 is 1.84. The monoisotopic (exact) mass is 394 g/mol. The number of thioether (sulfide) groups is 1. The van der Waals surface area contributed by atoms with Crippen molar-refractivity contribution in [2.24, 2.45) is 0 Å². The van der Waals surface area contributed by atoms with Crippen LogP contribution in [0, 0.1) is 0 Å². The van der Waals surface area contributed by atoms with Crippen LogP contribution in [0.5, 0.6) is 0 Å². The van der Waals surface area contributed by atoms with Crippen LogP contribution in [0.1, 0.15) is 5.56 Å². The molecule has 0 saturated heterocycles. The van der Waals surface area contributed by atoms with Crippen molar-refractivity contribution in [2.45, 2.75) is 10.8 Å². The molecule has 0 N–H and O–H groups in total. The summed E-state index contributed by atoms with van der Waals surface area (Å²) in [5.74, 6) is 0.869. The Bertz CT molecular complexity index is 1230. The van der Waals surface area contributed by atoms with Gasteiger partial charge in [-0.2, -0.15) is 5.10 Å². The fraction of sp³-hybridized carbons (Fsp3) is 0.0417. The molecule has 2 aromatic heterocycles. The molecule has 0 radical (unpaired) electrons. The summed E-state index contributed by atoms with van der Waals surface area (Å²) >= 11 is 1.71. The van der Waals surface area contributed by atoms with Crippen LogP contribution >= 0.6 is 11.8 Å². The second kappa shape index (κ2) is 7.89. The van der Waals surface area contributed by atoms with Gasteiger partial charge in [-0.05, 0) is 46.7 Å². The van der Waals surface area contributed by atoms with Gasteiger partial charge in [0.2, 0.25) is 0 Å². The second-order valence-electron chi connectivity index (χ2n) is 6.68. The van der Waals surface area contributed by atoms with Crippen LogP contribution in [-0.4, -0.2) is 20.0 Å². The van der Waals surface area contributed by atoms with E-state index in [0.29, 0.717) is 0 Å². The van der Waals surface area contributed by atoms with E-state index in [0.717, 1.165) is 27.7 Å². The summed E-state index contributed by atoms with van der Waals surface area (Å²) in [7, 11) is 0. The number of fused-ring (bicyclic) bond motifs is 1. The van der Waals surface area contributed by atoms with Gasteiger partial charge in [0.25, 0.3) is 0 Å². The summed E-state index contributed by atoms with van der Waals surface area (Å²) in [6, 6.07) is 29.1. The normalized spacial score (nSPS) is 11.0. The van der Waals surface area contributed by atoms with Crippen molar-refractivity contribution >= 4 is 22.5 Å². The number of hydrogen-bond donors (Lipinski definition) is 0. The quantitative estimate of drug-likeness (QED) is 0.355. The number of nitrogens with zero attached hydrogens (tertiary/aromatic N) is 4. The highest BCUT2D eigenvalue weighted by molar-refractivity contribution is 7.98. The van der Waals surface area contributed by atoms with Crippen LogP contribution in [0.4, 0.5) is 0 Å². The van der Waals surface area contributed by atoms with Crippen LogP contribution in [0.25, 0.3) is 27.7 Å². The molecular weight excluding hydrogens is 376 g/mol. The van der Waals surface area contributed by atoms with Crippen molar-refractivity contribution in [2.75, 3.05) is 0 Å². The molecule has 0 atom stereocenters. The predicted octanol–water partition coefficient (Wildman–Crippen LogP) is 5.77. The molecule has 3 aromatic carbocycles. The molecule has 5 heteroatoms. The third-order valence-corrected chi connectivity index (χ3v) is 5.80. The van der Waals surface area contributed by atoms with Crippen molar-refractivity contribution in [1.82, 2.24) is 20.0 Å². The van der Waals surface area contributed by atoms with Crippen LogP contribution < -0.4 is 0 Å². The van der Waals surface area contributed by atoms with Gasteiger partial charge in [0, 0.05) is 23.7 Å². The first-order valence-corrected chi connectivity index (χ1v) is 10.4. The van der Waals surface area contributed by atoms with E-state index in [4.69, 9.17) is 0 Å². The lowest BCUT2D eigenvalue weighted by Gasteiger charge is -2.07. The third-order valence-electron chi connectivity index (χ3n) is 4.83. The number of aromatic nitrogens is 4. The topological polar surface area (TPSA) is 43.6 Å². The van der Waals surface area contributed by atoms with E-state index in [2.05, 4.69) is 57.8 Å². The Morgan fingerprint density at radius 2 is 1.62 bits per heavy atom. The van der Waals surface area contributed by atoms with Crippen LogP contribution in [0.15, 0.2) is 102 Å². The van der Waals surface area contributed by atoms with E-state index in [1.54, 1.807) is 18.0 Å². The summed E-state index contributed by atoms with van der Waals surface area (Å²) in [6.07, 6.45) is 3.70. The van der Waals surface area contributed by atoms with Gasteiger partial charge in [-0.25, -0.2) is 4.68 Å². The second-order valence-corrected chi connectivity index (χ2v) is 7.68. The Morgan fingerprint density at radius 3 is 2.41 bits per heavy atom. The van der Waals surface area contributed by atoms with Gasteiger partial charge in [0.15, 0.2) is 0 Å². The number of rotatable bonds is 5. The van der Waals surface area contributed by atoms with Crippen molar-refractivity contribution < 1.29 is 0 Å². The zero-order valence-corrected chi connectivity index (χ0v) is 16.5. The van der Waals surface area contributed by atoms with Gasteiger partial charge in [0.1, 0.15) is 5.03 Å². The molecule has 29 heavy (non-hydrogen) atoms. The standard InChI is InChI=1S/C24H18N4S/c1-2-8-22-18(5-1)6-3-7-20(22)17-29-24-14-13-23(26-27-24)19-9-11-21(12-10-19)28-16-4-15-25-28/h1-16H,17H2. The minimum atomic E-state index is 0.867. The average molecular weight is 395 g/mol. The zero-order chi connectivity index (χ0) is 19.5. The molecule has 2 heterocycles. The first kappa shape index (κ1) is 17.6. The third kappa shape index (κ3) is 3.77. The molecule has 0 saturated carbocycles. The molecule has 0 unspecified atom stereocenters. The number of hydrogen-bond acceptors (Lipinski definition) is 4. The first-order valence-electron chi connectivity index (χ1n) is 9.40. The molecule has 0 aliphatic carbocycles. The molecule has 0 spiro atoms. The van der Waals surface area contributed by atoms with Crippen molar-refractivity contribution in [3.05, 3.63) is 103 Å². The molecule has 5 aromatic rings. The Labute approximate surface area is 173 Å². The van der Waals surface area contributed by atoms with E-state index in [1.807, 2.05) is 53.3 Å². The van der Waals surface area contributed by atoms with E-state index in [9.17, 15) is 0 Å².